The average Bonchev–Trinajstić information content (AvgIpc) is 3.59. The van der Waals surface area contributed by atoms with Crippen molar-refractivity contribution in [3.63, 3.8) is 0 Å². The van der Waals surface area contributed by atoms with Gasteiger partial charge in [-0.15, -0.1) is 11.3 Å². The molecule has 2 heterocycles. The van der Waals surface area contributed by atoms with Crippen molar-refractivity contribution in [2.75, 3.05) is 23.8 Å². The second-order valence-electron chi connectivity index (χ2n) is 7.52. The molecule has 1 unspecified atom stereocenters. The zero-order valence-electron chi connectivity index (χ0n) is 18.6. The van der Waals surface area contributed by atoms with Crippen LogP contribution in [0.15, 0.2) is 29.9 Å². The summed E-state index contributed by atoms with van der Waals surface area (Å²) in [5.74, 6) is -2.77. The number of halogens is 2. The maximum Gasteiger partial charge on any atom is 0.259 e. The van der Waals surface area contributed by atoms with Crippen molar-refractivity contribution in [3.8, 4) is 17.1 Å². The van der Waals surface area contributed by atoms with E-state index in [0.29, 0.717) is 19.4 Å². The Morgan fingerprint density at radius 3 is 2.57 bits per heavy atom. The van der Waals surface area contributed by atoms with Gasteiger partial charge in [0.2, 0.25) is 15.9 Å². The maximum absolute atomic E-state index is 14.8. The first kappa shape index (κ1) is 24.9. The molecule has 1 amide bonds. The largest absolute Gasteiger partial charge is 0.477 e. The number of amides is 1. The number of rotatable bonds is 10. The van der Waals surface area contributed by atoms with Crippen molar-refractivity contribution < 1.29 is 31.5 Å². The van der Waals surface area contributed by atoms with Crippen LogP contribution in [-0.2, 0) is 19.6 Å². The molecule has 35 heavy (non-hydrogen) atoms. The summed E-state index contributed by atoms with van der Waals surface area (Å²) in [4.78, 5) is 24.9. The molecule has 10 nitrogen and oxygen atoms in total. The van der Waals surface area contributed by atoms with Crippen molar-refractivity contribution in [3.05, 3.63) is 47.2 Å². The van der Waals surface area contributed by atoms with Crippen LogP contribution in [0.3, 0.4) is 0 Å². The molecule has 3 aromatic rings. The molecule has 1 fully saturated rings. The first-order chi connectivity index (χ1) is 16.7. The van der Waals surface area contributed by atoms with Gasteiger partial charge in [-0.2, -0.15) is 0 Å². The lowest BCUT2D eigenvalue weighted by Gasteiger charge is -2.15. The van der Waals surface area contributed by atoms with E-state index >= 15 is 0 Å². The van der Waals surface area contributed by atoms with E-state index in [9.17, 15) is 22.0 Å². The van der Waals surface area contributed by atoms with Gasteiger partial charge in [0.25, 0.3) is 5.91 Å². The zero-order valence-corrected chi connectivity index (χ0v) is 20.3. The highest BCUT2D eigenvalue weighted by Crippen LogP contribution is 2.32. The van der Waals surface area contributed by atoms with Crippen molar-refractivity contribution in [1.29, 1.82) is 0 Å². The number of carbonyl (C=O) groups is 1. The van der Waals surface area contributed by atoms with Crippen LogP contribution in [-0.4, -0.2) is 48.2 Å². The summed E-state index contributed by atoms with van der Waals surface area (Å²) in [5.41, 5.74) is -0.309. The normalized spacial score (nSPS) is 14.4. The first-order valence-corrected chi connectivity index (χ1v) is 12.9. The minimum atomic E-state index is -3.53. The fourth-order valence-corrected chi connectivity index (χ4v) is 5.45. The number of thiazole rings is 1. The predicted octanol–water partition coefficient (Wildman–Crippen LogP) is 3.51. The Bertz CT molecular complexity index is 1320. The van der Waals surface area contributed by atoms with Crippen LogP contribution in [0.4, 0.5) is 19.6 Å². The number of methoxy groups -OCH3 is 1. The van der Waals surface area contributed by atoms with Gasteiger partial charge in [-0.3, -0.25) is 14.5 Å². The molecular formula is C21H21F2N5O5S2. The molecule has 14 heteroatoms. The van der Waals surface area contributed by atoms with E-state index in [1.165, 1.54) is 24.9 Å². The number of hydrogen-bond acceptors (Lipinski definition) is 9. The standard InChI is InChI=1S/C21H21F2N5O5S2/c1-3-33-17-9-24-8-15(25-17)11-6-13(22)18(14(23)7-11)27-20(29)19(32-2)16-10-34-21(26-16)28-35(30,31)12-4-5-12/h6-10,12,19H,3-5H2,1-2H3,(H,26,28)(H,27,29). The van der Waals surface area contributed by atoms with E-state index < -0.39 is 44.6 Å². The van der Waals surface area contributed by atoms with Crippen LogP contribution >= 0.6 is 11.3 Å². The molecule has 4 rings (SSSR count). The summed E-state index contributed by atoms with van der Waals surface area (Å²) in [7, 11) is -2.31. The number of nitrogens with zero attached hydrogens (tertiary/aromatic N) is 3. The molecule has 1 atom stereocenters. The van der Waals surface area contributed by atoms with Crippen LogP contribution in [0.1, 0.15) is 31.6 Å². The predicted molar refractivity (Wildman–Crippen MR) is 125 cm³/mol. The topological polar surface area (TPSA) is 132 Å². The zero-order chi connectivity index (χ0) is 25.2. The molecule has 2 aromatic heterocycles. The molecule has 1 aromatic carbocycles. The minimum Gasteiger partial charge on any atom is -0.477 e. The highest BCUT2D eigenvalue weighted by Gasteiger charge is 2.36. The van der Waals surface area contributed by atoms with Crippen LogP contribution in [0.5, 0.6) is 5.88 Å². The Morgan fingerprint density at radius 2 is 1.94 bits per heavy atom. The van der Waals surface area contributed by atoms with Gasteiger partial charge in [-0.25, -0.2) is 27.2 Å². The van der Waals surface area contributed by atoms with E-state index in [2.05, 4.69) is 25.0 Å². The van der Waals surface area contributed by atoms with E-state index in [0.717, 1.165) is 23.5 Å². The van der Waals surface area contributed by atoms with Crippen LogP contribution < -0.4 is 14.8 Å². The van der Waals surface area contributed by atoms with Gasteiger partial charge in [0.15, 0.2) is 11.2 Å². The highest BCUT2D eigenvalue weighted by molar-refractivity contribution is 7.93. The lowest BCUT2D eigenvalue weighted by molar-refractivity contribution is -0.126. The van der Waals surface area contributed by atoms with Gasteiger partial charge in [-0.1, -0.05) is 0 Å². The van der Waals surface area contributed by atoms with E-state index in [-0.39, 0.29) is 28.0 Å². The lowest BCUT2D eigenvalue weighted by Crippen LogP contribution is -2.24. The van der Waals surface area contributed by atoms with Crippen LogP contribution in [0.25, 0.3) is 11.3 Å². The number of aromatic nitrogens is 3. The second kappa shape index (κ2) is 10.2. The number of sulfonamides is 1. The third kappa shape index (κ3) is 5.71. The molecule has 1 aliphatic carbocycles. The molecule has 0 aliphatic heterocycles. The van der Waals surface area contributed by atoms with Crippen molar-refractivity contribution in [1.82, 2.24) is 15.0 Å². The second-order valence-corrected chi connectivity index (χ2v) is 10.3. The SMILES string of the molecule is CCOc1cncc(-c2cc(F)c(NC(=O)C(OC)c3csc(NS(=O)(=O)C4CC4)n3)c(F)c2)n1. The third-order valence-corrected chi connectivity index (χ3v) is 7.68. The number of ether oxygens (including phenoxy) is 2. The number of anilines is 2. The van der Waals surface area contributed by atoms with Gasteiger partial charge < -0.3 is 14.8 Å². The third-order valence-electron chi connectivity index (χ3n) is 4.95. The average molecular weight is 526 g/mol. The minimum absolute atomic E-state index is 0.0684. The fraction of sp³-hybridized carbons (Fsp3) is 0.333. The summed E-state index contributed by atoms with van der Waals surface area (Å²) >= 11 is 0.967. The summed E-state index contributed by atoms with van der Waals surface area (Å²) in [6, 6.07) is 2.02. The Labute approximate surface area is 203 Å². The Morgan fingerprint density at radius 1 is 1.23 bits per heavy atom. The molecule has 2 N–H and O–H groups in total. The summed E-state index contributed by atoms with van der Waals surface area (Å²) in [6.45, 7) is 2.11. The molecule has 0 bridgehead atoms. The van der Waals surface area contributed by atoms with Gasteiger partial charge in [0, 0.05) is 18.1 Å². The van der Waals surface area contributed by atoms with Crippen molar-refractivity contribution >= 4 is 38.1 Å². The van der Waals surface area contributed by atoms with Gasteiger partial charge in [0.1, 0.15) is 17.3 Å². The fourth-order valence-electron chi connectivity index (χ4n) is 3.13. The van der Waals surface area contributed by atoms with Crippen LogP contribution in [0.2, 0.25) is 0 Å². The van der Waals surface area contributed by atoms with E-state index in [1.807, 2.05) is 0 Å². The molecule has 1 saturated carbocycles. The van der Waals surface area contributed by atoms with Crippen LogP contribution in [0, 0.1) is 11.6 Å². The Balaban J connectivity index is 1.51. The lowest BCUT2D eigenvalue weighted by atomic mass is 10.1. The number of benzene rings is 1. The summed E-state index contributed by atoms with van der Waals surface area (Å²) < 4.78 is 66.5. The summed E-state index contributed by atoms with van der Waals surface area (Å²) in [6.07, 6.45) is 2.53. The number of nitrogens with one attached hydrogen (secondary N) is 2. The molecule has 0 saturated heterocycles. The smallest absolute Gasteiger partial charge is 0.259 e. The quantitative estimate of drug-likeness (QED) is 0.411. The Hall–Kier alpha value is -3.23. The monoisotopic (exact) mass is 525 g/mol. The van der Waals surface area contributed by atoms with Crippen molar-refractivity contribution in [2.24, 2.45) is 0 Å². The molecule has 1 aliphatic rings. The number of carbonyl (C=O) groups excluding carboxylic acids is 1. The van der Waals surface area contributed by atoms with Gasteiger partial charge in [-0.05, 0) is 31.9 Å². The summed E-state index contributed by atoms with van der Waals surface area (Å²) in [5, 5.41) is 3.23. The van der Waals surface area contributed by atoms with Gasteiger partial charge >= 0.3 is 0 Å². The highest BCUT2D eigenvalue weighted by atomic mass is 32.2. The number of hydrogen-bond donors (Lipinski definition) is 2. The molecular weight excluding hydrogens is 504 g/mol. The molecule has 186 valence electrons. The Kier molecular flexibility index (Phi) is 7.23. The van der Waals surface area contributed by atoms with E-state index in [1.54, 1.807) is 6.92 Å². The van der Waals surface area contributed by atoms with Crippen molar-refractivity contribution in [2.45, 2.75) is 31.1 Å². The molecule has 0 spiro atoms. The first-order valence-electron chi connectivity index (χ1n) is 10.5. The molecule has 0 radical (unpaired) electrons. The van der Waals surface area contributed by atoms with Gasteiger partial charge in [0.05, 0.1) is 35.6 Å². The van der Waals surface area contributed by atoms with E-state index in [4.69, 9.17) is 9.47 Å². The maximum atomic E-state index is 14.8.